The molecule has 2 aliphatic rings. The maximum atomic E-state index is 12.5. The molecule has 0 spiro atoms. The number of furan rings is 1. The van der Waals surface area contributed by atoms with Gasteiger partial charge in [-0.3, -0.25) is 4.79 Å². The Morgan fingerprint density at radius 1 is 1.21 bits per heavy atom. The fourth-order valence-corrected chi connectivity index (χ4v) is 5.18. The summed E-state index contributed by atoms with van der Waals surface area (Å²) in [6.45, 7) is 3.81. The minimum Gasteiger partial charge on any atom is -0.461 e. The third kappa shape index (κ3) is 3.51. The molecule has 1 saturated carbocycles. The fourth-order valence-electron chi connectivity index (χ4n) is 4.05. The van der Waals surface area contributed by atoms with Gasteiger partial charge in [0.2, 0.25) is 5.91 Å². The van der Waals surface area contributed by atoms with Gasteiger partial charge >= 0.3 is 0 Å². The average molecular weight is 393 g/mol. The lowest BCUT2D eigenvalue weighted by molar-refractivity contribution is -0.126. The molecule has 28 heavy (non-hydrogen) atoms. The van der Waals surface area contributed by atoms with E-state index in [1.165, 1.54) is 16.1 Å². The van der Waals surface area contributed by atoms with Crippen LogP contribution in [0.4, 0.5) is 0 Å². The van der Waals surface area contributed by atoms with Crippen molar-refractivity contribution in [2.75, 3.05) is 13.1 Å². The molecule has 5 heteroatoms. The van der Waals surface area contributed by atoms with Gasteiger partial charge in [0.05, 0.1) is 15.2 Å². The molecule has 1 amide bonds. The van der Waals surface area contributed by atoms with Gasteiger partial charge < -0.3 is 9.32 Å². The summed E-state index contributed by atoms with van der Waals surface area (Å²) in [6, 6.07) is 12.3. The minimum absolute atomic E-state index is 0.0699. The topological polar surface area (TPSA) is 46.3 Å². The van der Waals surface area contributed by atoms with Crippen LogP contribution in [0.3, 0.4) is 0 Å². The van der Waals surface area contributed by atoms with Gasteiger partial charge in [-0.2, -0.15) is 0 Å². The van der Waals surface area contributed by atoms with Crippen LogP contribution < -0.4 is 0 Å². The van der Waals surface area contributed by atoms with Crippen molar-refractivity contribution < 1.29 is 9.21 Å². The van der Waals surface area contributed by atoms with Gasteiger partial charge in [0.15, 0.2) is 0 Å². The predicted molar refractivity (Wildman–Crippen MR) is 112 cm³/mol. The lowest BCUT2D eigenvalue weighted by Gasteiger charge is -2.30. The Labute approximate surface area is 168 Å². The number of aromatic nitrogens is 1. The first kappa shape index (κ1) is 17.7. The van der Waals surface area contributed by atoms with Gasteiger partial charge in [-0.05, 0) is 55.5 Å². The van der Waals surface area contributed by atoms with Crippen LogP contribution in [0.1, 0.15) is 54.6 Å². The highest BCUT2D eigenvalue weighted by Gasteiger charge is 2.36. The van der Waals surface area contributed by atoms with Crippen molar-refractivity contribution in [3.8, 4) is 0 Å². The van der Waals surface area contributed by atoms with E-state index in [1.807, 2.05) is 23.1 Å². The second kappa shape index (κ2) is 7.21. The first-order valence-electron chi connectivity index (χ1n) is 10.1. The van der Waals surface area contributed by atoms with E-state index in [2.05, 4.69) is 25.1 Å². The number of amides is 1. The largest absolute Gasteiger partial charge is 0.461 e. The summed E-state index contributed by atoms with van der Waals surface area (Å²) in [5.74, 6) is 3.64. The normalized spacial score (nSPS) is 23.0. The van der Waals surface area contributed by atoms with Crippen molar-refractivity contribution in [2.45, 2.75) is 38.0 Å². The molecule has 2 aromatic heterocycles. The Kier molecular flexibility index (Phi) is 4.55. The van der Waals surface area contributed by atoms with Crippen LogP contribution in [0.5, 0.6) is 0 Å². The fraction of sp³-hybridized carbons (Fsp3) is 0.391. The zero-order chi connectivity index (χ0) is 19.1. The molecule has 1 aliphatic heterocycles. The Morgan fingerprint density at radius 3 is 2.75 bits per heavy atom. The molecule has 2 atom stereocenters. The number of carbonyl (C=O) groups excluding carboxylic acids is 1. The van der Waals surface area contributed by atoms with Gasteiger partial charge in [-0.25, -0.2) is 4.98 Å². The third-order valence-electron chi connectivity index (χ3n) is 5.98. The average Bonchev–Trinajstić information content (AvgIpc) is 3.12. The van der Waals surface area contributed by atoms with E-state index in [1.54, 1.807) is 23.5 Å². The lowest BCUT2D eigenvalue weighted by Crippen LogP contribution is -2.36. The lowest BCUT2D eigenvalue weighted by atomic mass is 9.97. The summed E-state index contributed by atoms with van der Waals surface area (Å²) in [5, 5.41) is 1.21. The maximum Gasteiger partial charge on any atom is 0.246 e. The van der Waals surface area contributed by atoms with Gasteiger partial charge in [-0.1, -0.05) is 19.1 Å². The molecule has 0 N–H and O–H groups in total. The van der Waals surface area contributed by atoms with Crippen LogP contribution in [-0.4, -0.2) is 28.9 Å². The summed E-state index contributed by atoms with van der Waals surface area (Å²) in [7, 11) is 0. The highest BCUT2D eigenvalue weighted by Crippen LogP contribution is 2.47. The van der Waals surface area contributed by atoms with Crippen LogP contribution in [0, 0.1) is 5.92 Å². The highest BCUT2D eigenvalue weighted by atomic mass is 32.1. The minimum atomic E-state index is 0.0699. The Balaban J connectivity index is 1.18. The highest BCUT2D eigenvalue weighted by molar-refractivity contribution is 7.18. The van der Waals surface area contributed by atoms with E-state index in [9.17, 15) is 4.79 Å². The Bertz CT molecular complexity index is 993. The summed E-state index contributed by atoms with van der Waals surface area (Å²) >= 11 is 1.79. The number of para-hydroxylation sites is 1. The number of fused-ring (bicyclic) bond motifs is 1. The zero-order valence-electron chi connectivity index (χ0n) is 16.0. The SMILES string of the molecule is CC1CC1c1ccc(/C=C/C(=O)N2CCC(c3nc4ccccc4s3)CC2)o1. The van der Waals surface area contributed by atoms with Crippen molar-refractivity contribution >= 4 is 33.5 Å². The molecular weight excluding hydrogens is 368 g/mol. The molecule has 0 radical (unpaired) electrons. The van der Waals surface area contributed by atoms with Crippen molar-refractivity contribution in [3.63, 3.8) is 0 Å². The zero-order valence-corrected chi connectivity index (χ0v) is 16.8. The van der Waals surface area contributed by atoms with Crippen molar-refractivity contribution in [2.24, 2.45) is 5.92 Å². The van der Waals surface area contributed by atoms with E-state index in [4.69, 9.17) is 9.40 Å². The summed E-state index contributed by atoms with van der Waals surface area (Å²) in [6.07, 6.45) is 6.61. The van der Waals surface area contributed by atoms with Crippen LogP contribution in [-0.2, 0) is 4.79 Å². The molecule has 1 aromatic carbocycles. The first-order valence-corrected chi connectivity index (χ1v) is 10.9. The number of rotatable bonds is 4. The summed E-state index contributed by atoms with van der Waals surface area (Å²) in [5.41, 5.74) is 1.09. The molecule has 1 saturated heterocycles. The van der Waals surface area contributed by atoms with E-state index < -0.39 is 0 Å². The molecule has 5 rings (SSSR count). The molecule has 3 heterocycles. The van der Waals surface area contributed by atoms with Crippen LogP contribution in [0.2, 0.25) is 0 Å². The van der Waals surface area contributed by atoms with E-state index in [0.717, 1.165) is 48.9 Å². The summed E-state index contributed by atoms with van der Waals surface area (Å²) in [4.78, 5) is 19.3. The number of nitrogens with zero attached hydrogens (tertiary/aromatic N) is 2. The predicted octanol–water partition coefficient (Wildman–Crippen LogP) is 5.43. The molecule has 1 aliphatic carbocycles. The number of benzene rings is 1. The quantitative estimate of drug-likeness (QED) is 0.556. The van der Waals surface area contributed by atoms with Gasteiger partial charge in [0.1, 0.15) is 11.5 Å². The molecule has 144 valence electrons. The van der Waals surface area contributed by atoms with Crippen molar-refractivity contribution in [3.05, 3.63) is 59.0 Å². The van der Waals surface area contributed by atoms with Crippen LogP contribution in [0.25, 0.3) is 16.3 Å². The van der Waals surface area contributed by atoms with Gasteiger partial charge in [-0.15, -0.1) is 11.3 Å². The Hall–Kier alpha value is -2.40. The second-order valence-electron chi connectivity index (χ2n) is 8.01. The van der Waals surface area contributed by atoms with Crippen molar-refractivity contribution in [1.29, 1.82) is 0 Å². The number of carbonyl (C=O) groups is 1. The monoisotopic (exact) mass is 392 g/mol. The number of thiazole rings is 1. The van der Waals surface area contributed by atoms with Crippen molar-refractivity contribution in [1.82, 2.24) is 9.88 Å². The van der Waals surface area contributed by atoms with Crippen LogP contribution >= 0.6 is 11.3 Å². The Morgan fingerprint density at radius 2 is 2.00 bits per heavy atom. The number of likely N-dealkylation sites (tertiary alicyclic amines) is 1. The molecule has 0 bridgehead atoms. The molecule has 3 aromatic rings. The van der Waals surface area contributed by atoms with E-state index in [-0.39, 0.29) is 5.91 Å². The second-order valence-corrected chi connectivity index (χ2v) is 9.07. The number of hydrogen-bond donors (Lipinski definition) is 0. The smallest absolute Gasteiger partial charge is 0.246 e. The molecule has 4 nitrogen and oxygen atoms in total. The van der Waals surface area contributed by atoms with E-state index in [0.29, 0.717) is 11.8 Å². The number of hydrogen-bond acceptors (Lipinski definition) is 4. The first-order chi connectivity index (χ1) is 13.7. The number of piperidine rings is 1. The van der Waals surface area contributed by atoms with Gasteiger partial charge in [0.25, 0.3) is 0 Å². The van der Waals surface area contributed by atoms with Gasteiger partial charge in [0, 0.05) is 31.0 Å². The summed E-state index contributed by atoms with van der Waals surface area (Å²) < 4.78 is 7.10. The molecule has 2 unspecified atom stereocenters. The standard InChI is InChI=1S/C23H24N2O2S/c1-15-14-18(15)20-8-6-17(27-20)7-9-22(26)25-12-10-16(11-13-25)23-24-19-4-2-3-5-21(19)28-23/h2-9,15-16,18H,10-14H2,1H3/b9-7+. The van der Waals surface area contributed by atoms with Crippen LogP contribution in [0.15, 0.2) is 46.9 Å². The molecular formula is C23H24N2O2S. The third-order valence-corrected chi connectivity index (χ3v) is 7.18. The van der Waals surface area contributed by atoms with E-state index >= 15 is 0 Å². The molecule has 2 fully saturated rings. The maximum absolute atomic E-state index is 12.5.